The molecule has 1 heterocycles. The second-order valence-corrected chi connectivity index (χ2v) is 11.5. The first-order valence-corrected chi connectivity index (χ1v) is 12.9. The largest absolute Gasteiger partial charge is 0.507 e. The summed E-state index contributed by atoms with van der Waals surface area (Å²) in [6.45, 7) is 14.8. The van der Waals surface area contributed by atoms with E-state index in [2.05, 4.69) is 41.5 Å². The molecule has 202 valence electrons. The Morgan fingerprint density at radius 2 is 1.46 bits per heavy atom. The maximum Gasteiger partial charge on any atom is 0.226 e. The van der Waals surface area contributed by atoms with Gasteiger partial charge in [-0.1, -0.05) is 53.7 Å². The van der Waals surface area contributed by atoms with Crippen LogP contribution in [0.15, 0.2) is 47.1 Å². The number of phenolic OH excluding ortho intramolecular Hbond substituents is 1. The van der Waals surface area contributed by atoms with Crippen LogP contribution in [-0.4, -0.2) is 58.1 Å². The van der Waals surface area contributed by atoms with Crippen molar-refractivity contribution in [2.75, 3.05) is 32.9 Å². The summed E-state index contributed by atoms with van der Waals surface area (Å²) in [6.07, 6.45) is 2.27. The summed E-state index contributed by atoms with van der Waals surface area (Å²) in [7, 11) is 0. The van der Waals surface area contributed by atoms with E-state index in [0.717, 1.165) is 33.7 Å². The molecule has 1 aromatic heterocycles. The summed E-state index contributed by atoms with van der Waals surface area (Å²) in [6, 6.07) is 11.8. The van der Waals surface area contributed by atoms with Gasteiger partial charge in [0.2, 0.25) is 5.89 Å². The smallest absolute Gasteiger partial charge is 0.226 e. The van der Waals surface area contributed by atoms with Gasteiger partial charge < -0.3 is 24.5 Å². The van der Waals surface area contributed by atoms with Gasteiger partial charge in [-0.25, -0.2) is 4.98 Å². The first-order valence-electron chi connectivity index (χ1n) is 12.9. The number of benzene rings is 2. The molecule has 3 N–H and O–H groups in total. The maximum absolute atomic E-state index is 11.0. The zero-order valence-corrected chi connectivity index (χ0v) is 23.0. The molecule has 0 saturated heterocycles. The lowest BCUT2D eigenvalue weighted by Crippen LogP contribution is -2.29. The molecule has 0 aliphatic rings. The monoisotopic (exact) mass is 510 g/mol. The van der Waals surface area contributed by atoms with Crippen molar-refractivity contribution in [3.63, 3.8) is 0 Å². The van der Waals surface area contributed by atoms with Gasteiger partial charge in [-0.15, -0.1) is 0 Å². The van der Waals surface area contributed by atoms with Gasteiger partial charge in [0.25, 0.3) is 0 Å². The number of phenols is 1. The number of aliphatic hydroxyl groups is 2. The molecule has 37 heavy (non-hydrogen) atoms. The van der Waals surface area contributed by atoms with Crippen LogP contribution >= 0.6 is 0 Å². The first kappa shape index (κ1) is 28.7. The second kappa shape index (κ2) is 12.1. The van der Waals surface area contributed by atoms with Crippen LogP contribution in [0.1, 0.15) is 63.9 Å². The number of ether oxygens (including phenoxy) is 1. The number of nitrogens with zero attached hydrogens (tertiary/aromatic N) is 2. The van der Waals surface area contributed by atoms with Crippen molar-refractivity contribution >= 4 is 0 Å². The van der Waals surface area contributed by atoms with Gasteiger partial charge in [0.1, 0.15) is 17.8 Å². The van der Waals surface area contributed by atoms with E-state index >= 15 is 0 Å². The topological polar surface area (TPSA) is 99.2 Å². The fraction of sp³-hybridized carbons (Fsp3) is 0.500. The molecule has 3 rings (SSSR count). The van der Waals surface area contributed by atoms with E-state index < -0.39 is 0 Å². The number of oxazole rings is 1. The average molecular weight is 511 g/mol. The summed E-state index contributed by atoms with van der Waals surface area (Å²) in [5.74, 6) is 1.64. The first-order chi connectivity index (χ1) is 17.4. The molecule has 0 aliphatic carbocycles. The number of aliphatic hydroxyl groups excluding tert-OH is 2. The van der Waals surface area contributed by atoms with Crippen LogP contribution in [0.4, 0.5) is 0 Å². The molecule has 0 spiro atoms. The fourth-order valence-corrected chi connectivity index (χ4v) is 4.23. The highest BCUT2D eigenvalue weighted by atomic mass is 16.5. The molecule has 0 bridgehead atoms. The van der Waals surface area contributed by atoms with Crippen LogP contribution in [0.3, 0.4) is 0 Å². The zero-order valence-electron chi connectivity index (χ0n) is 23.0. The lowest BCUT2D eigenvalue weighted by atomic mass is 9.78. The second-order valence-electron chi connectivity index (χ2n) is 11.5. The third-order valence-corrected chi connectivity index (χ3v) is 6.31. The quantitative estimate of drug-likeness (QED) is 0.332. The van der Waals surface area contributed by atoms with E-state index in [1.165, 1.54) is 0 Å². The van der Waals surface area contributed by atoms with E-state index in [0.29, 0.717) is 44.3 Å². The van der Waals surface area contributed by atoms with Crippen molar-refractivity contribution < 1.29 is 24.5 Å². The van der Waals surface area contributed by atoms with Crippen LogP contribution in [-0.2, 0) is 23.8 Å². The number of hydrogen-bond donors (Lipinski definition) is 3. The van der Waals surface area contributed by atoms with Crippen molar-refractivity contribution in [3.05, 3.63) is 65.0 Å². The van der Waals surface area contributed by atoms with Crippen molar-refractivity contribution in [3.8, 4) is 23.0 Å². The molecule has 7 heteroatoms. The number of hydrogen-bond acceptors (Lipinski definition) is 7. The molecule has 2 aromatic carbocycles. The standard InChI is InChI=1S/C30H42N2O5/c1-29(2,3)25-17-22(18-26(27(25)35)30(4,5)6)28-31-23(20-37-28)11-16-36-24-9-7-21(8-10-24)19-32(12-14-33)13-15-34/h7-10,17-18,20,33-35H,11-16,19H2,1-6H3. The van der Waals surface area contributed by atoms with Crippen molar-refractivity contribution in [1.29, 1.82) is 0 Å². The van der Waals surface area contributed by atoms with Crippen LogP contribution in [0, 0.1) is 0 Å². The van der Waals surface area contributed by atoms with E-state index in [4.69, 9.17) is 14.1 Å². The van der Waals surface area contributed by atoms with Crippen LogP contribution in [0.5, 0.6) is 11.5 Å². The van der Waals surface area contributed by atoms with Crippen LogP contribution < -0.4 is 4.74 Å². The third-order valence-electron chi connectivity index (χ3n) is 6.31. The molecule has 0 unspecified atom stereocenters. The predicted molar refractivity (Wildman–Crippen MR) is 146 cm³/mol. The Kier molecular flexibility index (Phi) is 9.40. The summed E-state index contributed by atoms with van der Waals surface area (Å²) in [5, 5.41) is 29.3. The van der Waals surface area contributed by atoms with Crippen LogP contribution in [0.2, 0.25) is 0 Å². The van der Waals surface area contributed by atoms with Gasteiger partial charge >= 0.3 is 0 Å². The Hall–Kier alpha value is -2.87. The number of aromatic nitrogens is 1. The number of rotatable bonds is 11. The normalized spacial score (nSPS) is 12.4. The minimum atomic E-state index is -0.227. The van der Waals surface area contributed by atoms with Crippen molar-refractivity contribution in [1.82, 2.24) is 9.88 Å². The van der Waals surface area contributed by atoms with E-state index in [9.17, 15) is 15.3 Å². The van der Waals surface area contributed by atoms with E-state index in [1.54, 1.807) is 6.26 Å². The lowest BCUT2D eigenvalue weighted by Gasteiger charge is -2.27. The average Bonchev–Trinajstić information content (AvgIpc) is 3.28. The van der Waals surface area contributed by atoms with E-state index in [1.807, 2.05) is 41.3 Å². The molecule has 7 nitrogen and oxygen atoms in total. The molecular weight excluding hydrogens is 468 g/mol. The third kappa shape index (κ3) is 7.81. The molecule has 0 saturated carbocycles. The molecule has 3 aromatic rings. The molecule has 0 aliphatic heterocycles. The van der Waals surface area contributed by atoms with Gasteiger partial charge in [-0.2, -0.15) is 0 Å². The highest BCUT2D eigenvalue weighted by Crippen LogP contribution is 2.41. The number of aromatic hydroxyl groups is 1. The Bertz CT molecular complexity index is 1100. The van der Waals surface area contributed by atoms with Crippen molar-refractivity contribution in [2.45, 2.75) is 65.3 Å². The lowest BCUT2D eigenvalue weighted by molar-refractivity contribution is 0.156. The molecule has 0 amide bonds. The zero-order chi connectivity index (χ0) is 27.2. The van der Waals surface area contributed by atoms with Gasteiger partial charge in [-0.3, -0.25) is 4.90 Å². The minimum absolute atomic E-state index is 0.0627. The maximum atomic E-state index is 11.0. The van der Waals surface area contributed by atoms with Gasteiger partial charge in [0.05, 0.1) is 25.5 Å². The highest BCUT2D eigenvalue weighted by molar-refractivity contribution is 5.63. The molecule has 0 fully saturated rings. The van der Waals surface area contributed by atoms with Gasteiger partial charge in [-0.05, 0) is 40.7 Å². The predicted octanol–water partition coefficient (Wildman–Crippen LogP) is 5.05. The van der Waals surface area contributed by atoms with E-state index in [-0.39, 0.29) is 24.0 Å². The van der Waals surface area contributed by atoms with Gasteiger partial charge in [0, 0.05) is 42.7 Å². The van der Waals surface area contributed by atoms with Crippen molar-refractivity contribution in [2.24, 2.45) is 0 Å². The SMILES string of the molecule is CC(C)(C)c1cc(-c2nc(CCOc3ccc(CN(CCO)CCO)cc3)co2)cc(C(C)(C)C)c1O. The Balaban J connectivity index is 1.65. The Morgan fingerprint density at radius 1 is 0.892 bits per heavy atom. The Morgan fingerprint density at radius 3 is 1.97 bits per heavy atom. The molecular formula is C30H42N2O5. The summed E-state index contributed by atoms with van der Waals surface area (Å²) in [4.78, 5) is 6.70. The molecule has 0 radical (unpaired) electrons. The summed E-state index contributed by atoms with van der Waals surface area (Å²) < 4.78 is 11.7. The summed E-state index contributed by atoms with van der Waals surface area (Å²) >= 11 is 0. The van der Waals surface area contributed by atoms with Crippen LogP contribution in [0.25, 0.3) is 11.5 Å². The fourth-order valence-electron chi connectivity index (χ4n) is 4.23. The minimum Gasteiger partial charge on any atom is -0.507 e. The Labute approximate surface area is 220 Å². The van der Waals surface area contributed by atoms with Gasteiger partial charge in [0.15, 0.2) is 0 Å². The molecule has 0 atom stereocenters. The summed E-state index contributed by atoms with van der Waals surface area (Å²) in [5.41, 5.74) is 4.04. The highest BCUT2D eigenvalue weighted by Gasteiger charge is 2.27.